The van der Waals surface area contributed by atoms with Gasteiger partial charge in [-0.1, -0.05) is 48.5 Å². The van der Waals surface area contributed by atoms with Gasteiger partial charge in [0, 0.05) is 5.69 Å². The normalized spacial score (nSPS) is 16.7. The van der Waals surface area contributed by atoms with Crippen LogP contribution in [0.4, 0.5) is 5.69 Å². The minimum absolute atomic E-state index is 0.195. The maximum Gasteiger partial charge on any atom is 0.326 e. The summed E-state index contributed by atoms with van der Waals surface area (Å²) in [6.07, 6.45) is 2.30. The summed E-state index contributed by atoms with van der Waals surface area (Å²) in [4.78, 5) is 40.6. The Hall–Kier alpha value is -3.19. The van der Waals surface area contributed by atoms with Gasteiger partial charge in [0.2, 0.25) is 5.91 Å². The number of hydrogen-bond acceptors (Lipinski definition) is 6. The molecule has 2 aromatic carbocycles. The first-order valence-corrected chi connectivity index (χ1v) is 12.3. The van der Waals surface area contributed by atoms with E-state index in [1.165, 1.54) is 4.90 Å². The molecule has 0 fully saturated rings. The molecule has 188 valence electrons. The molecule has 0 saturated heterocycles. The molecule has 0 bridgehead atoms. The highest BCUT2D eigenvalue weighted by atomic mass is 16.6. The number of carbonyl (C=O) groups excluding carboxylic acids is 3. The van der Waals surface area contributed by atoms with Crippen LogP contribution < -0.4 is 10.2 Å². The molecule has 0 aromatic heterocycles. The summed E-state index contributed by atoms with van der Waals surface area (Å²) in [5.41, 5.74) is 2.13. The van der Waals surface area contributed by atoms with Crippen molar-refractivity contribution in [3.63, 3.8) is 0 Å². The Morgan fingerprint density at radius 3 is 2.46 bits per heavy atom. The molecule has 1 amide bonds. The fourth-order valence-electron chi connectivity index (χ4n) is 4.25. The molecule has 1 unspecified atom stereocenters. The average Bonchev–Trinajstić information content (AvgIpc) is 2.93. The average molecular weight is 481 g/mol. The smallest absolute Gasteiger partial charge is 0.326 e. The third kappa shape index (κ3) is 7.65. The van der Waals surface area contributed by atoms with Crippen LogP contribution in [0, 0.1) is 0 Å². The van der Waals surface area contributed by atoms with Crippen LogP contribution in [0.1, 0.15) is 51.7 Å². The zero-order valence-corrected chi connectivity index (χ0v) is 21.1. The summed E-state index contributed by atoms with van der Waals surface area (Å²) in [5.74, 6) is -1.11. The van der Waals surface area contributed by atoms with Crippen molar-refractivity contribution in [2.45, 2.75) is 71.1 Å². The summed E-state index contributed by atoms with van der Waals surface area (Å²) in [5, 5.41) is 3.27. The Morgan fingerprint density at radius 2 is 1.77 bits per heavy atom. The zero-order valence-electron chi connectivity index (χ0n) is 21.1. The topological polar surface area (TPSA) is 84.9 Å². The van der Waals surface area contributed by atoms with Gasteiger partial charge in [-0.15, -0.1) is 0 Å². The molecule has 1 aliphatic heterocycles. The molecule has 1 heterocycles. The zero-order chi connectivity index (χ0) is 25.4. The monoisotopic (exact) mass is 480 g/mol. The molecule has 7 nitrogen and oxygen atoms in total. The van der Waals surface area contributed by atoms with Crippen molar-refractivity contribution in [2.75, 3.05) is 18.1 Å². The van der Waals surface area contributed by atoms with E-state index in [0.29, 0.717) is 31.4 Å². The van der Waals surface area contributed by atoms with Crippen LogP contribution in [0.25, 0.3) is 0 Å². The van der Waals surface area contributed by atoms with Gasteiger partial charge in [0.05, 0.1) is 12.6 Å². The molecule has 0 radical (unpaired) electrons. The van der Waals surface area contributed by atoms with Crippen LogP contribution in [0.15, 0.2) is 54.6 Å². The number of fused-ring (bicyclic) bond motifs is 1. The number of ether oxygens (including phenoxy) is 2. The van der Waals surface area contributed by atoms with Crippen molar-refractivity contribution in [2.24, 2.45) is 0 Å². The third-order valence-corrected chi connectivity index (χ3v) is 5.79. The molecule has 2 aromatic rings. The number of amides is 1. The predicted molar refractivity (Wildman–Crippen MR) is 135 cm³/mol. The van der Waals surface area contributed by atoms with Crippen molar-refractivity contribution < 1.29 is 23.9 Å². The Balaban J connectivity index is 1.81. The van der Waals surface area contributed by atoms with Gasteiger partial charge in [-0.3, -0.25) is 24.6 Å². The van der Waals surface area contributed by atoms with E-state index in [-0.39, 0.29) is 25.0 Å². The summed E-state index contributed by atoms with van der Waals surface area (Å²) in [6, 6.07) is 16.2. The summed E-state index contributed by atoms with van der Waals surface area (Å²) >= 11 is 0. The van der Waals surface area contributed by atoms with Crippen molar-refractivity contribution in [1.29, 1.82) is 0 Å². The van der Waals surface area contributed by atoms with Crippen molar-refractivity contribution in [1.82, 2.24) is 5.32 Å². The Morgan fingerprint density at radius 1 is 1.09 bits per heavy atom. The summed E-state index contributed by atoms with van der Waals surface area (Å²) < 4.78 is 10.8. The molecule has 1 N–H and O–H groups in total. The lowest BCUT2D eigenvalue weighted by Gasteiger charge is -2.29. The number of aryl methyl sites for hydroxylation is 2. The van der Waals surface area contributed by atoms with Gasteiger partial charge in [0.15, 0.2) is 0 Å². The molecule has 7 heteroatoms. The standard InChI is InChI=1S/C28H36N2O5/c1-5-34-27(33)23(17-15-20-11-7-6-8-12-20)29-22-18-16-21-13-9-10-14-24(21)30(26(22)32)19-25(31)35-28(2,3)4/h6-14,22-23,29H,5,15-19H2,1-4H3/t22-,23?/m1/s1. The molecular weight excluding hydrogens is 444 g/mol. The van der Waals surface area contributed by atoms with E-state index >= 15 is 0 Å². The second-order valence-electron chi connectivity index (χ2n) is 9.73. The lowest BCUT2D eigenvalue weighted by molar-refractivity contribution is -0.154. The molecule has 0 aliphatic carbocycles. The molecule has 2 atom stereocenters. The predicted octanol–water partition coefficient (Wildman–Crippen LogP) is 3.83. The number of anilines is 1. The minimum atomic E-state index is -0.657. The first-order valence-electron chi connectivity index (χ1n) is 12.3. The lowest BCUT2D eigenvalue weighted by atomic mass is 10.0. The fourth-order valence-corrected chi connectivity index (χ4v) is 4.25. The molecule has 0 spiro atoms. The van der Waals surface area contributed by atoms with Crippen LogP contribution in [0.2, 0.25) is 0 Å². The van der Waals surface area contributed by atoms with E-state index < -0.39 is 23.7 Å². The SMILES string of the molecule is CCOC(=O)C(CCc1ccccc1)N[C@@H]1CCc2ccccc2N(CC(=O)OC(C)(C)C)C1=O. The first-order chi connectivity index (χ1) is 16.7. The van der Waals surface area contributed by atoms with E-state index in [9.17, 15) is 14.4 Å². The Bertz CT molecular complexity index is 1020. The minimum Gasteiger partial charge on any atom is -0.465 e. The number of rotatable bonds is 9. The highest BCUT2D eigenvalue weighted by Crippen LogP contribution is 2.27. The number of carbonyl (C=O) groups is 3. The number of esters is 2. The van der Waals surface area contributed by atoms with Gasteiger partial charge in [-0.2, -0.15) is 0 Å². The van der Waals surface area contributed by atoms with Crippen LogP contribution in [-0.2, 0) is 36.7 Å². The number of benzene rings is 2. The van der Waals surface area contributed by atoms with E-state index in [1.54, 1.807) is 27.7 Å². The van der Waals surface area contributed by atoms with Crippen LogP contribution in [0.3, 0.4) is 0 Å². The fraction of sp³-hybridized carbons (Fsp3) is 0.464. The van der Waals surface area contributed by atoms with E-state index in [4.69, 9.17) is 9.47 Å². The van der Waals surface area contributed by atoms with E-state index in [1.807, 2.05) is 54.6 Å². The molecule has 3 rings (SSSR count). The Kier molecular flexibility index (Phi) is 9.04. The van der Waals surface area contributed by atoms with E-state index in [0.717, 1.165) is 11.1 Å². The third-order valence-electron chi connectivity index (χ3n) is 5.79. The number of hydrogen-bond donors (Lipinski definition) is 1. The Labute approximate surface area is 207 Å². The van der Waals surface area contributed by atoms with Crippen LogP contribution >= 0.6 is 0 Å². The van der Waals surface area contributed by atoms with Gasteiger partial charge in [0.25, 0.3) is 0 Å². The second kappa shape index (κ2) is 12.0. The first kappa shape index (κ1) is 26.4. The lowest BCUT2D eigenvalue weighted by Crippen LogP contribution is -2.53. The van der Waals surface area contributed by atoms with Crippen molar-refractivity contribution in [3.8, 4) is 0 Å². The molecular formula is C28H36N2O5. The molecule has 35 heavy (non-hydrogen) atoms. The van der Waals surface area contributed by atoms with Crippen molar-refractivity contribution in [3.05, 3.63) is 65.7 Å². The van der Waals surface area contributed by atoms with Crippen LogP contribution in [-0.4, -0.2) is 48.7 Å². The van der Waals surface area contributed by atoms with Gasteiger partial charge < -0.3 is 9.47 Å². The van der Waals surface area contributed by atoms with Gasteiger partial charge in [-0.25, -0.2) is 0 Å². The summed E-state index contributed by atoms with van der Waals surface area (Å²) in [7, 11) is 0. The van der Waals surface area contributed by atoms with Gasteiger partial charge >= 0.3 is 11.9 Å². The summed E-state index contributed by atoms with van der Waals surface area (Å²) in [6.45, 7) is 7.22. The van der Waals surface area contributed by atoms with Gasteiger partial charge in [-0.05, 0) is 70.6 Å². The quantitative estimate of drug-likeness (QED) is 0.549. The maximum atomic E-state index is 13.7. The molecule has 0 saturated carbocycles. The number of para-hydroxylation sites is 1. The van der Waals surface area contributed by atoms with Crippen LogP contribution in [0.5, 0.6) is 0 Å². The maximum absolute atomic E-state index is 13.7. The highest BCUT2D eigenvalue weighted by molar-refractivity contribution is 6.02. The highest BCUT2D eigenvalue weighted by Gasteiger charge is 2.35. The number of nitrogens with one attached hydrogen (secondary N) is 1. The largest absolute Gasteiger partial charge is 0.465 e. The van der Waals surface area contributed by atoms with Gasteiger partial charge in [0.1, 0.15) is 18.2 Å². The second-order valence-corrected chi connectivity index (χ2v) is 9.73. The van der Waals surface area contributed by atoms with Crippen molar-refractivity contribution >= 4 is 23.5 Å². The molecule has 1 aliphatic rings. The number of nitrogens with zero attached hydrogens (tertiary/aromatic N) is 1. The van der Waals surface area contributed by atoms with E-state index in [2.05, 4.69) is 5.32 Å².